The highest BCUT2D eigenvalue weighted by atomic mass is 35.5. The number of benzene rings is 2. The van der Waals surface area contributed by atoms with Gasteiger partial charge in [0, 0.05) is 29.7 Å². The van der Waals surface area contributed by atoms with Crippen LogP contribution in [0.4, 0.5) is 0 Å². The first-order chi connectivity index (χ1) is 17.5. The number of allylic oxidation sites excluding steroid dienone is 3. The number of hydrogen-bond acceptors (Lipinski definition) is 5. The highest BCUT2D eigenvalue weighted by Gasteiger charge is 2.35. The number of nitrogens with zero attached hydrogens (tertiary/aromatic N) is 1. The Morgan fingerprint density at radius 2 is 2.03 bits per heavy atom. The maximum absolute atomic E-state index is 13.1. The molecule has 3 unspecified atom stereocenters. The lowest BCUT2D eigenvalue weighted by Gasteiger charge is -2.38. The summed E-state index contributed by atoms with van der Waals surface area (Å²) in [6.45, 7) is 2.13. The van der Waals surface area contributed by atoms with Crippen molar-refractivity contribution >= 4 is 17.6 Å². The molecule has 0 saturated carbocycles. The van der Waals surface area contributed by atoms with E-state index in [1.165, 1.54) is 12.7 Å². The molecule has 0 aromatic heterocycles. The van der Waals surface area contributed by atoms with Crippen LogP contribution in [0.15, 0.2) is 83.7 Å². The minimum atomic E-state index is -0.508. The summed E-state index contributed by atoms with van der Waals surface area (Å²) in [5.74, 6) is -0.0273. The minimum Gasteiger partial charge on any atom is -0.489 e. The molecule has 0 bridgehead atoms. The first-order valence-corrected chi connectivity index (χ1v) is 13.0. The van der Waals surface area contributed by atoms with E-state index in [2.05, 4.69) is 29.2 Å². The van der Waals surface area contributed by atoms with Gasteiger partial charge in [-0.1, -0.05) is 60.2 Å². The summed E-state index contributed by atoms with van der Waals surface area (Å²) in [5.41, 5.74) is 5.16. The molecule has 0 radical (unpaired) electrons. The first kappa shape index (κ1) is 24.8. The van der Waals surface area contributed by atoms with E-state index in [1.54, 1.807) is 0 Å². The van der Waals surface area contributed by atoms with Crippen molar-refractivity contribution in [3.63, 3.8) is 0 Å². The van der Waals surface area contributed by atoms with E-state index >= 15 is 0 Å². The Morgan fingerprint density at radius 1 is 1.22 bits per heavy atom. The molecular formula is C30H32ClNO4. The number of halogens is 1. The summed E-state index contributed by atoms with van der Waals surface area (Å²) in [7, 11) is 1.45. The van der Waals surface area contributed by atoms with Gasteiger partial charge in [0.25, 0.3) is 0 Å². The van der Waals surface area contributed by atoms with Crippen LogP contribution in [0.25, 0.3) is 0 Å². The van der Waals surface area contributed by atoms with Gasteiger partial charge in [-0.3, -0.25) is 9.69 Å². The fraction of sp³-hybridized carbons (Fsp3) is 0.367. The molecule has 5 nitrogen and oxygen atoms in total. The lowest BCUT2D eigenvalue weighted by Crippen LogP contribution is -2.39. The summed E-state index contributed by atoms with van der Waals surface area (Å²) in [5, 5.41) is 11.1. The van der Waals surface area contributed by atoms with E-state index in [1.807, 2.05) is 42.5 Å². The van der Waals surface area contributed by atoms with E-state index in [0.717, 1.165) is 60.4 Å². The number of aliphatic hydroxyl groups excluding tert-OH is 1. The number of fused-ring (bicyclic) bond motifs is 1. The van der Waals surface area contributed by atoms with Crippen molar-refractivity contribution in [2.45, 2.75) is 50.4 Å². The molecule has 188 valence electrons. The molecule has 1 saturated heterocycles. The minimum absolute atomic E-state index is 0.154. The van der Waals surface area contributed by atoms with Crippen LogP contribution in [0.1, 0.15) is 54.3 Å². The van der Waals surface area contributed by atoms with Gasteiger partial charge in [-0.15, -0.1) is 0 Å². The molecule has 0 amide bonds. The maximum Gasteiger partial charge on any atom is 0.317 e. The van der Waals surface area contributed by atoms with Gasteiger partial charge >= 0.3 is 5.97 Å². The SMILES string of the molecule is COC(=O)C1C2=C(C=CCC2=CCCN2CCC(O)CC2c2ccc(Cl)cc2)OCc2ccccc21. The number of carbonyl (C=O) groups excluding carboxylic acids is 1. The Bertz CT molecular complexity index is 1200. The second-order valence-electron chi connectivity index (χ2n) is 9.63. The average molecular weight is 506 g/mol. The van der Waals surface area contributed by atoms with Gasteiger partial charge in [0.2, 0.25) is 0 Å². The number of methoxy groups -OCH3 is 1. The summed E-state index contributed by atoms with van der Waals surface area (Å²) >= 11 is 6.11. The van der Waals surface area contributed by atoms with Crippen LogP contribution < -0.4 is 0 Å². The van der Waals surface area contributed by atoms with Gasteiger partial charge in [0.15, 0.2) is 0 Å². The second kappa shape index (κ2) is 11.0. The number of ether oxygens (including phenoxy) is 2. The van der Waals surface area contributed by atoms with E-state index in [4.69, 9.17) is 21.1 Å². The molecule has 2 aromatic rings. The van der Waals surface area contributed by atoms with Crippen LogP contribution in [-0.2, 0) is 20.9 Å². The third-order valence-electron chi connectivity index (χ3n) is 7.44. The van der Waals surface area contributed by atoms with Crippen molar-refractivity contribution in [2.75, 3.05) is 20.2 Å². The predicted octanol–water partition coefficient (Wildman–Crippen LogP) is 5.86. The Hall–Kier alpha value is -2.86. The van der Waals surface area contributed by atoms with Crippen LogP contribution in [-0.4, -0.2) is 42.3 Å². The third-order valence-corrected chi connectivity index (χ3v) is 7.69. The van der Waals surface area contributed by atoms with Crippen molar-refractivity contribution in [1.82, 2.24) is 4.90 Å². The second-order valence-corrected chi connectivity index (χ2v) is 10.1. The van der Waals surface area contributed by atoms with Crippen LogP contribution in [0.2, 0.25) is 5.02 Å². The molecule has 2 heterocycles. The molecule has 3 atom stereocenters. The van der Waals surface area contributed by atoms with Gasteiger partial charge in [-0.05, 0) is 66.2 Å². The zero-order chi connectivity index (χ0) is 25.1. The van der Waals surface area contributed by atoms with Crippen LogP contribution in [0.5, 0.6) is 0 Å². The van der Waals surface area contributed by atoms with Crippen LogP contribution in [0, 0.1) is 0 Å². The Morgan fingerprint density at radius 3 is 2.83 bits per heavy atom. The highest BCUT2D eigenvalue weighted by molar-refractivity contribution is 6.30. The molecule has 2 aromatic carbocycles. The van der Waals surface area contributed by atoms with Gasteiger partial charge in [-0.2, -0.15) is 0 Å². The van der Waals surface area contributed by atoms with Crippen molar-refractivity contribution in [2.24, 2.45) is 0 Å². The molecular weight excluding hydrogens is 474 g/mol. The number of esters is 1. The third kappa shape index (κ3) is 5.15. The maximum atomic E-state index is 13.1. The Labute approximate surface area is 217 Å². The number of likely N-dealkylation sites (tertiary alicyclic amines) is 1. The summed E-state index contributed by atoms with van der Waals surface area (Å²) in [6.07, 6.45) is 9.10. The van der Waals surface area contributed by atoms with Crippen molar-refractivity contribution in [3.05, 3.63) is 105 Å². The van der Waals surface area contributed by atoms with E-state index in [-0.39, 0.29) is 18.1 Å². The Kier molecular flexibility index (Phi) is 7.61. The molecule has 1 aliphatic carbocycles. The number of carbonyl (C=O) groups is 1. The zero-order valence-electron chi connectivity index (χ0n) is 20.5. The molecule has 5 rings (SSSR count). The smallest absolute Gasteiger partial charge is 0.317 e. The van der Waals surface area contributed by atoms with Crippen molar-refractivity contribution in [1.29, 1.82) is 0 Å². The quantitative estimate of drug-likeness (QED) is 0.516. The number of rotatable bonds is 5. The Balaban J connectivity index is 1.40. The summed E-state index contributed by atoms with van der Waals surface area (Å²) in [4.78, 5) is 15.5. The van der Waals surface area contributed by atoms with Gasteiger partial charge in [0.05, 0.1) is 13.2 Å². The molecule has 2 aliphatic heterocycles. The van der Waals surface area contributed by atoms with E-state index in [0.29, 0.717) is 18.1 Å². The summed E-state index contributed by atoms with van der Waals surface area (Å²) in [6, 6.07) is 16.0. The number of aliphatic hydroxyl groups is 1. The van der Waals surface area contributed by atoms with Gasteiger partial charge in [-0.25, -0.2) is 0 Å². The first-order valence-electron chi connectivity index (χ1n) is 12.6. The number of hydrogen-bond donors (Lipinski definition) is 1. The molecule has 0 spiro atoms. The average Bonchev–Trinajstić information content (AvgIpc) is 3.07. The largest absolute Gasteiger partial charge is 0.489 e. The molecule has 6 heteroatoms. The zero-order valence-corrected chi connectivity index (χ0v) is 21.3. The molecule has 1 N–H and O–H groups in total. The predicted molar refractivity (Wildman–Crippen MR) is 140 cm³/mol. The standard InChI is InChI=1S/C30H32ClNO4/c1-35-30(34)29-25-9-3-2-6-22(25)19-36-27-10-4-7-21(28(27)29)8-5-16-32-17-15-24(33)18-26(32)20-11-13-23(31)14-12-20/h2-4,6,8-14,24,26,29,33H,5,7,15-19H2,1H3. The summed E-state index contributed by atoms with van der Waals surface area (Å²) < 4.78 is 11.4. The number of piperidine rings is 1. The van der Waals surface area contributed by atoms with Gasteiger partial charge < -0.3 is 14.6 Å². The van der Waals surface area contributed by atoms with E-state index < -0.39 is 5.92 Å². The lowest BCUT2D eigenvalue weighted by atomic mass is 9.81. The normalized spacial score (nSPS) is 25.1. The molecule has 36 heavy (non-hydrogen) atoms. The van der Waals surface area contributed by atoms with Crippen LogP contribution in [0.3, 0.4) is 0 Å². The fourth-order valence-electron chi connectivity index (χ4n) is 5.62. The monoisotopic (exact) mass is 505 g/mol. The molecule has 1 fully saturated rings. The van der Waals surface area contributed by atoms with Crippen molar-refractivity contribution < 1.29 is 19.4 Å². The van der Waals surface area contributed by atoms with Crippen LogP contribution >= 0.6 is 11.6 Å². The van der Waals surface area contributed by atoms with E-state index in [9.17, 15) is 9.90 Å². The van der Waals surface area contributed by atoms with Gasteiger partial charge in [0.1, 0.15) is 18.3 Å². The lowest BCUT2D eigenvalue weighted by molar-refractivity contribution is -0.141. The van der Waals surface area contributed by atoms with Crippen molar-refractivity contribution in [3.8, 4) is 0 Å². The topological polar surface area (TPSA) is 59.0 Å². The highest BCUT2D eigenvalue weighted by Crippen LogP contribution is 2.42. The fourth-order valence-corrected chi connectivity index (χ4v) is 5.74. The molecule has 3 aliphatic rings.